The Morgan fingerprint density at radius 2 is 2.04 bits per heavy atom. The molecule has 0 amide bonds. The molecule has 0 fully saturated rings. The second-order valence-electron chi connectivity index (χ2n) is 5.37. The fourth-order valence-electron chi connectivity index (χ4n) is 2.32. The summed E-state index contributed by atoms with van der Waals surface area (Å²) >= 11 is 1.60. The lowest BCUT2D eigenvalue weighted by Crippen LogP contribution is -2.01. The molecule has 24 heavy (non-hydrogen) atoms. The van der Waals surface area contributed by atoms with Crippen LogP contribution in [0.1, 0.15) is 23.0 Å². The SMILES string of the molecule is COc1cccc(-c2nc(CNc3cccc(C(C)=O)c3)cs2)c1. The van der Waals surface area contributed by atoms with E-state index < -0.39 is 0 Å². The molecule has 1 N–H and O–H groups in total. The van der Waals surface area contributed by atoms with Crippen LogP contribution in [0.25, 0.3) is 10.6 Å². The number of thiazole rings is 1. The maximum absolute atomic E-state index is 11.4. The number of Topliss-reactive ketones (excluding diaryl/α,β-unsaturated/α-hetero) is 1. The second kappa shape index (κ2) is 7.27. The van der Waals surface area contributed by atoms with Crippen molar-refractivity contribution in [3.8, 4) is 16.3 Å². The second-order valence-corrected chi connectivity index (χ2v) is 6.22. The molecule has 1 heterocycles. The Hall–Kier alpha value is -2.66. The molecule has 1 aromatic heterocycles. The molecule has 0 aliphatic carbocycles. The maximum Gasteiger partial charge on any atom is 0.159 e. The van der Waals surface area contributed by atoms with E-state index in [2.05, 4.69) is 10.3 Å². The van der Waals surface area contributed by atoms with Gasteiger partial charge in [0.25, 0.3) is 0 Å². The molecule has 0 saturated carbocycles. The molecule has 2 aromatic carbocycles. The molecule has 0 aliphatic rings. The zero-order valence-electron chi connectivity index (χ0n) is 13.6. The molecule has 3 rings (SSSR count). The van der Waals surface area contributed by atoms with E-state index in [-0.39, 0.29) is 5.78 Å². The van der Waals surface area contributed by atoms with Gasteiger partial charge in [0.05, 0.1) is 19.3 Å². The largest absolute Gasteiger partial charge is 0.497 e. The molecule has 0 saturated heterocycles. The van der Waals surface area contributed by atoms with Crippen molar-refractivity contribution in [2.45, 2.75) is 13.5 Å². The number of carbonyl (C=O) groups is 1. The average Bonchev–Trinajstić information content (AvgIpc) is 3.09. The summed E-state index contributed by atoms with van der Waals surface area (Å²) in [4.78, 5) is 16.1. The first kappa shape index (κ1) is 16.2. The van der Waals surface area contributed by atoms with Crippen molar-refractivity contribution in [2.75, 3.05) is 12.4 Å². The van der Waals surface area contributed by atoms with Gasteiger partial charge in [-0.3, -0.25) is 4.79 Å². The van der Waals surface area contributed by atoms with Crippen LogP contribution < -0.4 is 10.1 Å². The number of ketones is 1. The first-order valence-electron chi connectivity index (χ1n) is 7.59. The van der Waals surface area contributed by atoms with Gasteiger partial charge >= 0.3 is 0 Å². The molecule has 3 aromatic rings. The molecule has 0 aliphatic heterocycles. The average molecular weight is 338 g/mol. The first-order valence-corrected chi connectivity index (χ1v) is 8.47. The van der Waals surface area contributed by atoms with Crippen LogP contribution in [-0.4, -0.2) is 17.9 Å². The van der Waals surface area contributed by atoms with Crippen LogP contribution >= 0.6 is 11.3 Å². The number of hydrogen-bond acceptors (Lipinski definition) is 5. The Bertz CT molecular complexity index is 858. The summed E-state index contributed by atoms with van der Waals surface area (Å²) in [6.07, 6.45) is 0. The number of hydrogen-bond donors (Lipinski definition) is 1. The van der Waals surface area contributed by atoms with Crippen LogP contribution in [0.3, 0.4) is 0 Å². The molecule has 0 spiro atoms. The van der Waals surface area contributed by atoms with Crippen molar-refractivity contribution in [1.82, 2.24) is 4.98 Å². The number of carbonyl (C=O) groups excluding carboxylic acids is 1. The predicted molar refractivity (Wildman–Crippen MR) is 97.9 cm³/mol. The smallest absolute Gasteiger partial charge is 0.159 e. The Morgan fingerprint density at radius 1 is 1.21 bits per heavy atom. The summed E-state index contributed by atoms with van der Waals surface area (Å²) in [6.45, 7) is 2.18. The summed E-state index contributed by atoms with van der Waals surface area (Å²) in [7, 11) is 1.66. The van der Waals surface area contributed by atoms with E-state index in [0.29, 0.717) is 12.1 Å². The Labute approximate surface area is 145 Å². The predicted octanol–water partition coefficient (Wildman–Crippen LogP) is 4.63. The molecule has 5 heteroatoms. The zero-order chi connectivity index (χ0) is 16.9. The van der Waals surface area contributed by atoms with E-state index in [4.69, 9.17) is 4.74 Å². The molecule has 0 radical (unpaired) electrons. The number of aromatic nitrogens is 1. The van der Waals surface area contributed by atoms with Gasteiger partial charge in [-0.25, -0.2) is 4.98 Å². The van der Waals surface area contributed by atoms with E-state index >= 15 is 0 Å². The summed E-state index contributed by atoms with van der Waals surface area (Å²) < 4.78 is 5.26. The molecular weight excluding hydrogens is 320 g/mol. The topological polar surface area (TPSA) is 51.2 Å². The van der Waals surface area contributed by atoms with E-state index in [0.717, 1.165) is 27.7 Å². The highest BCUT2D eigenvalue weighted by molar-refractivity contribution is 7.13. The summed E-state index contributed by atoms with van der Waals surface area (Å²) in [5.41, 5.74) is 3.63. The molecular formula is C19H18N2O2S. The van der Waals surface area contributed by atoms with Gasteiger partial charge in [0.2, 0.25) is 0 Å². The number of ether oxygens (including phenoxy) is 1. The normalized spacial score (nSPS) is 10.4. The molecule has 122 valence electrons. The summed E-state index contributed by atoms with van der Waals surface area (Å²) in [5, 5.41) is 6.31. The molecule has 0 bridgehead atoms. The van der Waals surface area contributed by atoms with Crippen molar-refractivity contribution in [3.05, 3.63) is 65.2 Å². The highest BCUT2D eigenvalue weighted by atomic mass is 32.1. The maximum atomic E-state index is 11.4. The minimum Gasteiger partial charge on any atom is -0.497 e. The standard InChI is InChI=1S/C19H18N2O2S/c1-13(22)14-5-3-7-16(9-14)20-11-17-12-24-19(21-17)15-6-4-8-18(10-15)23-2/h3-10,12,20H,11H2,1-2H3. The van der Waals surface area contributed by atoms with Crippen LogP contribution in [0.5, 0.6) is 5.75 Å². The van der Waals surface area contributed by atoms with Gasteiger partial charge in [-0.15, -0.1) is 11.3 Å². The lowest BCUT2D eigenvalue weighted by Gasteiger charge is -2.05. The number of nitrogens with zero attached hydrogens (tertiary/aromatic N) is 1. The highest BCUT2D eigenvalue weighted by Crippen LogP contribution is 2.27. The van der Waals surface area contributed by atoms with Crippen LogP contribution in [0.2, 0.25) is 0 Å². The van der Waals surface area contributed by atoms with E-state index in [1.807, 2.05) is 53.9 Å². The minimum atomic E-state index is 0.0626. The van der Waals surface area contributed by atoms with Gasteiger partial charge in [-0.05, 0) is 31.2 Å². The van der Waals surface area contributed by atoms with E-state index in [1.54, 1.807) is 25.4 Å². The van der Waals surface area contributed by atoms with Gasteiger partial charge in [-0.2, -0.15) is 0 Å². The van der Waals surface area contributed by atoms with Crippen LogP contribution in [-0.2, 0) is 6.54 Å². The quantitative estimate of drug-likeness (QED) is 0.666. The number of anilines is 1. The van der Waals surface area contributed by atoms with Gasteiger partial charge in [0.1, 0.15) is 10.8 Å². The van der Waals surface area contributed by atoms with Crippen LogP contribution in [0, 0.1) is 0 Å². The minimum absolute atomic E-state index is 0.0626. The number of nitrogens with one attached hydrogen (secondary N) is 1. The molecule has 4 nitrogen and oxygen atoms in total. The Balaban J connectivity index is 1.70. The fraction of sp³-hybridized carbons (Fsp3) is 0.158. The van der Waals surface area contributed by atoms with Crippen molar-refractivity contribution in [3.63, 3.8) is 0 Å². The van der Waals surface area contributed by atoms with E-state index in [9.17, 15) is 4.79 Å². The highest BCUT2D eigenvalue weighted by Gasteiger charge is 2.06. The Kier molecular flexibility index (Phi) is 4.91. The van der Waals surface area contributed by atoms with Gasteiger partial charge < -0.3 is 10.1 Å². The molecule has 0 atom stereocenters. The van der Waals surface area contributed by atoms with Crippen molar-refractivity contribution < 1.29 is 9.53 Å². The van der Waals surface area contributed by atoms with Crippen molar-refractivity contribution in [2.24, 2.45) is 0 Å². The van der Waals surface area contributed by atoms with Gasteiger partial charge in [-0.1, -0.05) is 24.3 Å². The number of methoxy groups -OCH3 is 1. The van der Waals surface area contributed by atoms with E-state index in [1.165, 1.54) is 0 Å². The third-order valence-corrected chi connectivity index (χ3v) is 4.55. The van der Waals surface area contributed by atoms with Crippen molar-refractivity contribution >= 4 is 22.8 Å². The van der Waals surface area contributed by atoms with Crippen molar-refractivity contribution in [1.29, 1.82) is 0 Å². The molecule has 0 unspecified atom stereocenters. The van der Waals surface area contributed by atoms with Crippen LogP contribution in [0.15, 0.2) is 53.9 Å². The lowest BCUT2D eigenvalue weighted by molar-refractivity contribution is 0.101. The fourth-order valence-corrected chi connectivity index (χ4v) is 3.13. The zero-order valence-corrected chi connectivity index (χ0v) is 14.4. The van der Waals surface area contributed by atoms with Crippen LogP contribution in [0.4, 0.5) is 5.69 Å². The number of benzene rings is 2. The summed E-state index contributed by atoms with van der Waals surface area (Å²) in [6, 6.07) is 15.4. The summed E-state index contributed by atoms with van der Waals surface area (Å²) in [5.74, 6) is 0.885. The number of rotatable bonds is 6. The van der Waals surface area contributed by atoms with Gasteiger partial charge in [0.15, 0.2) is 5.78 Å². The lowest BCUT2D eigenvalue weighted by atomic mass is 10.1. The first-order chi connectivity index (χ1) is 11.7. The third kappa shape index (κ3) is 3.81. The third-order valence-electron chi connectivity index (χ3n) is 3.61. The Morgan fingerprint density at radius 3 is 2.83 bits per heavy atom. The monoisotopic (exact) mass is 338 g/mol. The van der Waals surface area contributed by atoms with Gasteiger partial charge in [0, 0.05) is 22.2 Å².